The number of hydrogen-bond donors (Lipinski definition) is 0. The van der Waals surface area contributed by atoms with Gasteiger partial charge in [0.1, 0.15) is 10.6 Å². The van der Waals surface area contributed by atoms with Crippen molar-refractivity contribution in [3.8, 4) is 0 Å². The lowest BCUT2D eigenvalue weighted by Crippen LogP contribution is -2.46. The van der Waals surface area contributed by atoms with Gasteiger partial charge in [-0.1, -0.05) is 17.3 Å². The lowest BCUT2D eigenvalue weighted by Gasteiger charge is -2.34. The summed E-state index contributed by atoms with van der Waals surface area (Å²) in [5, 5.41) is 5.74. The second kappa shape index (κ2) is 8.59. The summed E-state index contributed by atoms with van der Waals surface area (Å²) < 4.78 is 32.6. The van der Waals surface area contributed by atoms with Gasteiger partial charge in [-0.15, -0.1) is 17.9 Å². The van der Waals surface area contributed by atoms with Gasteiger partial charge in [0, 0.05) is 24.5 Å². The minimum atomic E-state index is -3.75. The number of rotatable bonds is 7. The highest BCUT2D eigenvalue weighted by atomic mass is 32.2. The van der Waals surface area contributed by atoms with Crippen molar-refractivity contribution in [3.63, 3.8) is 0 Å². The zero-order valence-electron chi connectivity index (χ0n) is 16.1. The highest BCUT2D eigenvalue weighted by molar-refractivity contribution is 7.89. The predicted octanol–water partition coefficient (Wildman–Crippen LogP) is 2.97. The number of carbonyl (C=O) groups is 1. The molecule has 0 bridgehead atoms. The van der Waals surface area contributed by atoms with Crippen LogP contribution in [0.2, 0.25) is 0 Å². The van der Waals surface area contributed by atoms with Crippen LogP contribution in [0.25, 0.3) is 0 Å². The fourth-order valence-electron chi connectivity index (χ4n) is 3.57. The number of piperidine rings is 1. The van der Waals surface area contributed by atoms with E-state index in [2.05, 4.69) is 11.7 Å². The van der Waals surface area contributed by atoms with Gasteiger partial charge in [-0.2, -0.15) is 4.31 Å². The number of carbonyl (C=O) groups excluding carboxylic acids is 1. The molecule has 0 N–H and O–H groups in total. The largest absolute Gasteiger partial charge is 0.360 e. The van der Waals surface area contributed by atoms with Crippen molar-refractivity contribution in [2.75, 3.05) is 19.6 Å². The maximum Gasteiger partial charge on any atom is 0.248 e. The zero-order chi connectivity index (χ0) is 20.3. The van der Waals surface area contributed by atoms with Crippen molar-refractivity contribution in [3.05, 3.63) is 46.5 Å². The van der Waals surface area contributed by atoms with Gasteiger partial charge >= 0.3 is 0 Å². The zero-order valence-corrected chi connectivity index (χ0v) is 17.8. The van der Waals surface area contributed by atoms with Gasteiger partial charge in [0.25, 0.3) is 0 Å². The molecule has 2 aromatic rings. The van der Waals surface area contributed by atoms with E-state index in [1.165, 1.54) is 4.31 Å². The van der Waals surface area contributed by atoms with E-state index in [4.69, 9.17) is 4.52 Å². The minimum Gasteiger partial charge on any atom is -0.360 e. The highest BCUT2D eigenvalue weighted by Gasteiger charge is 2.37. The second-order valence-electron chi connectivity index (χ2n) is 6.94. The lowest BCUT2D eigenvalue weighted by molar-refractivity contribution is -0.136. The molecule has 1 atom stereocenters. The van der Waals surface area contributed by atoms with Crippen molar-refractivity contribution in [2.45, 2.75) is 38.1 Å². The van der Waals surface area contributed by atoms with Crippen LogP contribution in [-0.4, -0.2) is 48.3 Å². The second-order valence-corrected chi connectivity index (χ2v) is 9.85. The molecule has 3 rings (SSSR count). The topological polar surface area (TPSA) is 83.7 Å². The van der Waals surface area contributed by atoms with Gasteiger partial charge in [0.05, 0.1) is 12.5 Å². The number of hydrogen-bond acceptors (Lipinski definition) is 6. The molecule has 152 valence electrons. The molecule has 1 saturated heterocycles. The predicted molar refractivity (Wildman–Crippen MR) is 107 cm³/mol. The van der Waals surface area contributed by atoms with Gasteiger partial charge < -0.3 is 9.42 Å². The molecule has 0 aliphatic carbocycles. The molecule has 28 heavy (non-hydrogen) atoms. The summed E-state index contributed by atoms with van der Waals surface area (Å²) in [6.45, 7) is 8.46. The molecule has 0 spiro atoms. The summed E-state index contributed by atoms with van der Waals surface area (Å²) >= 11 is 1.60. The van der Waals surface area contributed by atoms with E-state index < -0.39 is 10.0 Å². The Balaban J connectivity index is 1.78. The maximum atomic E-state index is 13.1. The molecule has 7 nitrogen and oxygen atoms in total. The first-order chi connectivity index (χ1) is 13.3. The molecule has 0 radical (unpaired) electrons. The van der Waals surface area contributed by atoms with Crippen molar-refractivity contribution >= 4 is 27.3 Å². The first-order valence-corrected chi connectivity index (χ1v) is 11.5. The number of aromatic nitrogens is 1. The van der Waals surface area contributed by atoms with Gasteiger partial charge in [-0.3, -0.25) is 4.79 Å². The lowest BCUT2D eigenvalue weighted by atomic mass is 9.98. The average Bonchev–Trinajstić information content (AvgIpc) is 3.30. The molecular formula is C19H25N3O4S2. The van der Waals surface area contributed by atoms with Crippen LogP contribution >= 0.6 is 11.3 Å². The third-order valence-electron chi connectivity index (χ3n) is 4.89. The van der Waals surface area contributed by atoms with Crippen molar-refractivity contribution in [2.24, 2.45) is 5.92 Å². The minimum absolute atomic E-state index is 0.0352. The SMILES string of the molecule is C=CCN(Cc1cccs1)C(=O)C1CCCN(S(=O)(=O)c2c(C)noc2C)C1. The highest BCUT2D eigenvalue weighted by Crippen LogP contribution is 2.28. The van der Waals surface area contributed by atoms with Crippen LogP contribution in [0.4, 0.5) is 0 Å². The summed E-state index contributed by atoms with van der Waals surface area (Å²) in [4.78, 5) is 16.1. The summed E-state index contributed by atoms with van der Waals surface area (Å²) in [5.74, 6) is -0.132. The number of amides is 1. The van der Waals surface area contributed by atoms with Crippen LogP contribution in [0.3, 0.4) is 0 Å². The molecule has 1 amide bonds. The van der Waals surface area contributed by atoms with Gasteiger partial charge in [0.2, 0.25) is 15.9 Å². The Hall–Kier alpha value is -1.97. The van der Waals surface area contributed by atoms with E-state index >= 15 is 0 Å². The Morgan fingerprint density at radius 2 is 2.29 bits per heavy atom. The van der Waals surface area contributed by atoms with Crippen LogP contribution in [-0.2, 0) is 21.4 Å². The fraction of sp³-hybridized carbons (Fsp3) is 0.474. The summed E-state index contributed by atoms with van der Waals surface area (Å²) in [6.07, 6.45) is 3.01. The molecule has 3 heterocycles. The number of sulfonamides is 1. The number of thiophene rings is 1. The Morgan fingerprint density at radius 3 is 2.89 bits per heavy atom. The van der Waals surface area contributed by atoms with Crippen molar-refractivity contribution in [1.82, 2.24) is 14.4 Å². The molecule has 0 aromatic carbocycles. The van der Waals surface area contributed by atoms with E-state index in [1.54, 1.807) is 36.2 Å². The van der Waals surface area contributed by atoms with E-state index in [1.807, 2.05) is 17.5 Å². The maximum absolute atomic E-state index is 13.1. The van der Waals surface area contributed by atoms with Crippen LogP contribution in [0, 0.1) is 19.8 Å². The van der Waals surface area contributed by atoms with Crippen LogP contribution in [0.15, 0.2) is 39.6 Å². The third-order valence-corrected chi connectivity index (χ3v) is 7.86. The third kappa shape index (κ3) is 4.21. The number of aryl methyl sites for hydroxylation is 2. The normalized spacial score (nSPS) is 18.1. The smallest absolute Gasteiger partial charge is 0.248 e. The Kier molecular flexibility index (Phi) is 6.36. The van der Waals surface area contributed by atoms with Gasteiger partial charge in [0.15, 0.2) is 5.76 Å². The molecule has 2 aromatic heterocycles. The average molecular weight is 424 g/mol. The quantitative estimate of drug-likeness (QED) is 0.639. The Bertz CT molecular complexity index is 915. The molecule has 1 fully saturated rings. The molecule has 0 saturated carbocycles. The van der Waals surface area contributed by atoms with Gasteiger partial charge in [-0.25, -0.2) is 8.42 Å². The first-order valence-electron chi connectivity index (χ1n) is 9.19. The summed E-state index contributed by atoms with van der Waals surface area (Å²) in [5.41, 5.74) is 0.344. The Labute approximate surface area is 169 Å². The standard InChI is InChI=1S/C19H25N3O4S2/c1-4-9-21(13-17-8-6-11-27-17)19(23)16-7-5-10-22(12-16)28(24,25)18-14(2)20-26-15(18)3/h4,6,8,11,16H,1,5,7,9-10,12-13H2,2-3H3. The van der Waals surface area contributed by atoms with Crippen LogP contribution < -0.4 is 0 Å². The van der Waals surface area contributed by atoms with E-state index in [9.17, 15) is 13.2 Å². The first kappa shape index (κ1) is 20.8. The number of nitrogens with zero attached hydrogens (tertiary/aromatic N) is 3. The van der Waals surface area contributed by atoms with Crippen molar-refractivity contribution in [1.29, 1.82) is 0 Å². The summed E-state index contributed by atoms with van der Waals surface area (Å²) in [6, 6.07) is 3.94. The monoisotopic (exact) mass is 423 g/mol. The molecular weight excluding hydrogens is 398 g/mol. The van der Waals surface area contributed by atoms with Crippen LogP contribution in [0.5, 0.6) is 0 Å². The fourth-order valence-corrected chi connectivity index (χ4v) is 6.11. The van der Waals surface area contributed by atoms with E-state index in [0.29, 0.717) is 38.2 Å². The molecule has 1 aliphatic rings. The summed E-state index contributed by atoms with van der Waals surface area (Å²) in [7, 11) is -3.75. The molecule has 1 unspecified atom stereocenters. The van der Waals surface area contributed by atoms with Crippen LogP contribution in [0.1, 0.15) is 29.2 Å². The van der Waals surface area contributed by atoms with Gasteiger partial charge in [-0.05, 0) is 38.1 Å². The van der Waals surface area contributed by atoms with E-state index in [0.717, 1.165) is 4.88 Å². The van der Waals surface area contributed by atoms with Crippen molar-refractivity contribution < 1.29 is 17.7 Å². The molecule has 9 heteroatoms. The van der Waals surface area contributed by atoms with E-state index in [-0.39, 0.29) is 29.0 Å². The molecule has 1 aliphatic heterocycles. The Morgan fingerprint density at radius 1 is 1.50 bits per heavy atom.